The van der Waals surface area contributed by atoms with Crippen LogP contribution in [-0.2, 0) is 0 Å². The molecule has 2 aromatic carbocycles. The normalized spacial score (nSPS) is 22.8. The second-order valence-corrected chi connectivity index (χ2v) is 7.02. The van der Waals surface area contributed by atoms with Crippen LogP contribution in [0.4, 0.5) is 0 Å². The minimum atomic E-state index is -0.0130. The van der Waals surface area contributed by atoms with E-state index in [-0.39, 0.29) is 12.0 Å². The fourth-order valence-electron chi connectivity index (χ4n) is 3.43. The topological polar surface area (TPSA) is 36.8 Å². The predicted molar refractivity (Wildman–Crippen MR) is 101 cm³/mol. The molecule has 0 fully saturated rings. The van der Waals surface area contributed by atoms with E-state index in [0.717, 1.165) is 46.3 Å². The lowest BCUT2D eigenvalue weighted by atomic mass is 9.90. The third-order valence-corrected chi connectivity index (χ3v) is 5.17. The zero-order chi connectivity index (χ0) is 16.7. The van der Waals surface area contributed by atoms with E-state index in [1.807, 2.05) is 37.3 Å². The standard InChI is InChI=1S/C19H17Cl2N3/c1-11-22-9-12-10-23-19(15-4-2-3-5-17(15)21)16-8-13(20)6-7-14(16)18(12)24-11/h2-8,12,19,23H,9-10H2,1H3. The molecule has 1 N–H and O–H groups in total. The van der Waals surface area contributed by atoms with Gasteiger partial charge in [-0.1, -0.05) is 47.5 Å². The van der Waals surface area contributed by atoms with Gasteiger partial charge in [-0.05, 0) is 36.2 Å². The molecule has 0 amide bonds. The van der Waals surface area contributed by atoms with E-state index in [1.165, 1.54) is 0 Å². The number of nitrogens with zero attached hydrogens (tertiary/aromatic N) is 2. The molecule has 2 aliphatic heterocycles. The molecule has 2 atom stereocenters. The average Bonchev–Trinajstić information content (AvgIpc) is 2.72. The smallest absolute Gasteiger partial charge is 0.120 e. The molecular weight excluding hydrogens is 341 g/mol. The van der Waals surface area contributed by atoms with Crippen LogP contribution in [0.1, 0.15) is 29.7 Å². The van der Waals surface area contributed by atoms with Crippen LogP contribution in [0.5, 0.6) is 0 Å². The summed E-state index contributed by atoms with van der Waals surface area (Å²) in [5, 5.41) is 5.11. The van der Waals surface area contributed by atoms with Crippen molar-refractivity contribution in [2.75, 3.05) is 13.1 Å². The Hall–Kier alpha value is -1.68. The lowest BCUT2D eigenvalue weighted by molar-refractivity contribution is 0.551. The van der Waals surface area contributed by atoms with Crippen molar-refractivity contribution in [3.63, 3.8) is 0 Å². The number of hydrogen-bond acceptors (Lipinski definition) is 3. The lowest BCUT2D eigenvalue weighted by Gasteiger charge is -2.20. The highest BCUT2D eigenvalue weighted by Gasteiger charge is 2.31. The largest absolute Gasteiger partial charge is 0.305 e. The Morgan fingerprint density at radius 1 is 1.08 bits per heavy atom. The average molecular weight is 358 g/mol. The molecule has 0 aromatic heterocycles. The fourth-order valence-corrected chi connectivity index (χ4v) is 3.86. The van der Waals surface area contributed by atoms with Crippen molar-refractivity contribution in [2.45, 2.75) is 13.0 Å². The molecule has 2 aromatic rings. The van der Waals surface area contributed by atoms with Gasteiger partial charge in [-0.15, -0.1) is 0 Å². The van der Waals surface area contributed by atoms with Crippen molar-refractivity contribution >= 4 is 34.7 Å². The predicted octanol–water partition coefficient (Wildman–Crippen LogP) is 4.52. The van der Waals surface area contributed by atoms with Crippen molar-refractivity contribution in [1.82, 2.24) is 5.32 Å². The molecule has 0 spiro atoms. The number of fused-ring (bicyclic) bond motifs is 3. The van der Waals surface area contributed by atoms with Crippen molar-refractivity contribution in [1.29, 1.82) is 0 Å². The summed E-state index contributed by atoms with van der Waals surface area (Å²) in [6.07, 6.45) is 0. The van der Waals surface area contributed by atoms with Gasteiger partial charge >= 0.3 is 0 Å². The van der Waals surface area contributed by atoms with Gasteiger partial charge in [0.25, 0.3) is 0 Å². The summed E-state index contributed by atoms with van der Waals surface area (Å²) in [5.41, 5.74) is 4.40. The first-order valence-corrected chi connectivity index (χ1v) is 8.76. The van der Waals surface area contributed by atoms with Crippen molar-refractivity contribution in [2.24, 2.45) is 15.9 Å². The van der Waals surface area contributed by atoms with E-state index < -0.39 is 0 Å². The number of amidine groups is 1. The summed E-state index contributed by atoms with van der Waals surface area (Å²) in [7, 11) is 0. The van der Waals surface area contributed by atoms with Gasteiger partial charge in [0.05, 0.1) is 18.3 Å². The molecule has 0 aliphatic carbocycles. The van der Waals surface area contributed by atoms with Crippen molar-refractivity contribution in [3.05, 3.63) is 69.2 Å². The Morgan fingerprint density at radius 3 is 2.75 bits per heavy atom. The minimum absolute atomic E-state index is 0.0130. The Bertz CT molecular complexity index is 857. The maximum atomic E-state index is 6.47. The monoisotopic (exact) mass is 357 g/mol. The van der Waals surface area contributed by atoms with Crippen LogP contribution in [-0.4, -0.2) is 24.6 Å². The molecule has 5 heteroatoms. The van der Waals surface area contributed by atoms with Gasteiger partial charge in [0.2, 0.25) is 0 Å². The summed E-state index contributed by atoms with van der Waals surface area (Å²) in [6.45, 7) is 3.51. The number of aliphatic imine (C=N–C) groups is 2. The quantitative estimate of drug-likeness (QED) is 0.799. The molecule has 2 heterocycles. The van der Waals surface area contributed by atoms with Crippen LogP contribution < -0.4 is 5.32 Å². The number of benzene rings is 2. The third-order valence-electron chi connectivity index (χ3n) is 4.59. The van der Waals surface area contributed by atoms with Crippen LogP contribution in [0, 0.1) is 5.92 Å². The van der Waals surface area contributed by atoms with E-state index in [4.69, 9.17) is 28.2 Å². The number of nitrogens with one attached hydrogen (secondary N) is 1. The molecule has 24 heavy (non-hydrogen) atoms. The van der Waals surface area contributed by atoms with Gasteiger partial charge in [0.15, 0.2) is 0 Å². The summed E-state index contributed by atoms with van der Waals surface area (Å²) < 4.78 is 0. The zero-order valence-electron chi connectivity index (χ0n) is 13.3. The molecule has 3 nitrogen and oxygen atoms in total. The van der Waals surface area contributed by atoms with Crippen LogP contribution in [0.3, 0.4) is 0 Å². The van der Waals surface area contributed by atoms with Crippen molar-refractivity contribution < 1.29 is 0 Å². The Balaban J connectivity index is 1.91. The van der Waals surface area contributed by atoms with E-state index in [9.17, 15) is 0 Å². The Morgan fingerprint density at radius 2 is 1.92 bits per heavy atom. The minimum Gasteiger partial charge on any atom is -0.305 e. The van der Waals surface area contributed by atoms with Gasteiger partial charge in [0, 0.05) is 28.1 Å². The van der Waals surface area contributed by atoms with E-state index >= 15 is 0 Å². The summed E-state index contributed by atoms with van der Waals surface area (Å²) in [6, 6.07) is 13.9. The molecule has 2 aliphatic rings. The molecule has 2 unspecified atom stereocenters. The number of halogens is 2. The molecule has 0 bridgehead atoms. The highest BCUT2D eigenvalue weighted by Crippen LogP contribution is 2.35. The summed E-state index contributed by atoms with van der Waals surface area (Å²) in [5.74, 6) is 1.10. The van der Waals surface area contributed by atoms with E-state index in [2.05, 4.69) is 22.4 Å². The van der Waals surface area contributed by atoms with Gasteiger partial charge in [-0.3, -0.25) is 4.99 Å². The highest BCUT2D eigenvalue weighted by atomic mass is 35.5. The first-order valence-electron chi connectivity index (χ1n) is 8.01. The van der Waals surface area contributed by atoms with Crippen LogP contribution in [0.2, 0.25) is 10.0 Å². The van der Waals surface area contributed by atoms with Gasteiger partial charge in [0.1, 0.15) is 5.84 Å². The van der Waals surface area contributed by atoms with Gasteiger partial charge in [-0.2, -0.15) is 0 Å². The van der Waals surface area contributed by atoms with Crippen LogP contribution >= 0.6 is 23.2 Å². The van der Waals surface area contributed by atoms with Crippen molar-refractivity contribution in [3.8, 4) is 0 Å². The van der Waals surface area contributed by atoms with Crippen LogP contribution in [0.25, 0.3) is 0 Å². The fraction of sp³-hybridized carbons (Fsp3) is 0.263. The third kappa shape index (κ3) is 2.77. The van der Waals surface area contributed by atoms with E-state index in [0.29, 0.717) is 5.02 Å². The first-order chi connectivity index (χ1) is 11.6. The molecule has 122 valence electrons. The number of hydrogen-bond donors (Lipinski definition) is 1. The highest BCUT2D eigenvalue weighted by molar-refractivity contribution is 6.31. The second-order valence-electron chi connectivity index (χ2n) is 6.18. The second kappa shape index (κ2) is 6.32. The van der Waals surface area contributed by atoms with Crippen LogP contribution in [0.15, 0.2) is 52.4 Å². The van der Waals surface area contributed by atoms with Gasteiger partial charge in [-0.25, -0.2) is 4.99 Å². The Labute approximate surface area is 151 Å². The SMILES string of the molecule is CC1=NCC2CNC(c3ccccc3Cl)c3cc(Cl)ccc3C2=N1. The molecular formula is C19H17Cl2N3. The van der Waals surface area contributed by atoms with E-state index in [1.54, 1.807) is 0 Å². The summed E-state index contributed by atoms with van der Waals surface area (Å²) in [4.78, 5) is 9.24. The molecule has 0 saturated heterocycles. The first kappa shape index (κ1) is 15.8. The molecule has 0 radical (unpaired) electrons. The molecule has 0 saturated carbocycles. The maximum Gasteiger partial charge on any atom is 0.120 e. The lowest BCUT2D eigenvalue weighted by Crippen LogP contribution is -2.32. The molecule has 4 rings (SSSR count). The summed E-state index contributed by atoms with van der Waals surface area (Å²) >= 11 is 12.8. The number of rotatable bonds is 1. The Kier molecular flexibility index (Phi) is 4.17. The zero-order valence-corrected chi connectivity index (χ0v) is 14.8. The van der Waals surface area contributed by atoms with Gasteiger partial charge < -0.3 is 5.32 Å². The maximum absolute atomic E-state index is 6.47.